The third-order valence-electron chi connectivity index (χ3n) is 5.95. The Balaban J connectivity index is 0.000000407. The zero-order valence-electron chi connectivity index (χ0n) is 20.7. The van der Waals surface area contributed by atoms with Crippen LogP contribution >= 0.6 is 11.6 Å². The van der Waals surface area contributed by atoms with Crippen molar-refractivity contribution in [1.29, 1.82) is 0 Å². The van der Waals surface area contributed by atoms with Crippen LogP contribution in [0.1, 0.15) is 45.2 Å². The van der Waals surface area contributed by atoms with Crippen LogP contribution in [0.2, 0.25) is 5.02 Å². The van der Waals surface area contributed by atoms with Crippen molar-refractivity contribution in [3.8, 4) is 28.0 Å². The second-order valence-corrected chi connectivity index (χ2v) is 9.84. The van der Waals surface area contributed by atoms with Gasteiger partial charge in [-0.05, 0) is 35.1 Å². The van der Waals surface area contributed by atoms with Crippen molar-refractivity contribution < 1.29 is 55.8 Å². The van der Waals surface area contributed by atoms with Crippen LogP contribution in [0.4, 0.5) is 0 Å². The molecule has 5 heteroatoms. The van der Waals surface area contributed by atoms with E-state index in [2.05, 4.69) is 76.2 Å². The monoisotopic (exact) mass is 600 g/mol. The summed E-state index contributed by atoms with van der Waals surface area (Å²) in [5.41, 5.74) is 10.2. The Morgan fingerprint density at radius 1 is 1.00 bits per heavy atom. The number of benzene rings is 3. The van der Waals surface area contributed by atoms with Crippen molar-refractivity contribution in [3.05, 3.63) is 100 Å². The molecule has 0 spiro atoms. The van der Waals surface area contributed by atoms with Crippen LogP contribution in [0.15, 0.2) is 71.8 Å². The number of fused-ring (bicyclic) bond motifs is 3. The Hall–Kier alpha value is -1.31. The summed E-state index contributed by atoms with van der Waals surface area (Å²) in [4.78, 5) is 0. The van der Waals surface area contributed by atoms with Crippen LogP contribution in [0, 0.1) is 17.6 Å². The van der Waals surface area contributed by atoms with Gasteiger partial charge in [-0.2, -0.15) is 5.57 Å². The van der Waals surface area contributed by atoms with Crippen molar-refractivity contribution >= 4 is 11.6 Å². The molecule has 2 aliphatic rings. The molecule has 35 heavy (non-hydrogen) atoms. The van der Waals surface area contributed by atoms with Gasteiger partial charge in [-0.1, -0.05) is 93.2 Å². The van der Waals surface area contributed by atoms with Gasteiger partial charge in [0, 0.05) is 10.8 Å². The fourth-order valence-corrected chi connectivity index (χ4v) is 4.48. The number of ether oxygens (including phenoxy) is 1. The zero-order chi connectivity index (χ0) is 22.9. The first-order valence-electron chi connectivity index (χ1n) is 11.0. The largest absolute Gasteiger partial charge is 4.00 e. The molecule has 1 nitrogen and oxygen atoms in total. The standard InChI is InChI=1S/C20H14ClO.C10H15.2ClH.Zr/c1-22-19-10-9-16(13-5-3-2-4-6-13)18-12-14-11-15(21)7-8-17(14)20(18)19;1-8-5-6-9(7-8)10(2,3)4;;;/h2-8,10-11H,12H2,1H3;6H,5H2,1-4H3;2*1H;/q2*-1;;;+4/p-2. The molecule has 0 aliphatic heterocycles. The van der Waals surface area contributed by atoms with E-state index in [0.29, 0.717) is 0 Å². The first-order chi connectivity index (χ1) is 15.3. The molecule has 0 radical (unpaired) electrons. The minimum absolute atomic E-state index is 0. The first-order valence-corrected chi connectivity index (χ1v) is 11.4. The van der Waals surface area contributed by atoms with Crippen LogP contribution in [-0.2, 0) is 32.6 Å². The molecule has 0 aromatic heterocycles. The molecule has 180 valence electrons. The predicted octanol–water partition coefficient (Wildman–Crippen LogP) is 2.50. The first kappa shape index (κ1) is 31.7. The molecule has 5 rings (SSSR count). The minimum Gasteiger partial charge on any atom is -1.00 e. The Morgan fingerprint density at radius 2 is 1.69 bits per heavy atom. The van der Waals surface area contributed by atoms with Gasteiger partial charge in [0.2, 0.25) is 0 Å². The maximum absolute atomic E-state index is 6.16. The molecule has 0 atom stereocenters. The minimum atomic E-state index is 0. The topological polar surface area (TPSA) is 9.23 Å². The van der Waals surface area contributed by atoms with E-state index in [1.165, 1.54) is 39.0 Å². The number of hydrogen-bond acceptors (Lipinski definition) is 1. The summed E-state index contributed by atoms with van der Waals surface area (Å²) in [6, 6.07) is 21.8. The maximum atomic E-state index is 6.16. The summed E-state index contributed by atoms with van der Waals surface area (Å²) in [5.74, 6) is 0.871. The molecule has 0 bridgehead atoms. The van der Waals surface area contributed by atoms with Gasteiger partial charge >= 0.3 is 26.2 Å². The summed E-state index contributed by atoms with van der Waals surface area (Å²) >= 11 is 6.16. The number of hydrogen-bond donors (Lipinski definition) is 0. The molecule has 0 N–H and O–H groups in total. The van der Waals surface area contributed by atoms with E-state index >= 15 is 0 Å². The van der Waals surface area contributed by atoms with Crippen LogP contribution in [0.5, 0.6) is 5.75 Å². The number of halogens is 3. The molecule has 3 aromatic carbocycles. The molecule has 3 aromatic rings. The van der Waals surface area contributed by atoms with Gasteiger partial charge in [0.1, 0.15) is 0 Å². The molecule has 0 amide bonds. The van der Waals surface area contributed by atoms with Crippen LogP contribution in [0.3, 0.4) is 0 Å². The van der Waals surface area contributed by atoms with Gasteiger partial charge in [0.25, 0.3) is 0 Å². The summed E-state index contributed by atoms with van der Waals surface area (Å²) in [7, 11) is 1.71. The molecule has 0 heterocycles. The quantitative estimate of drug-likeness (QED) is 0.321. The fourth-order valence-electron chi connectivity index (χ4n) is 4.29. The van der Waals surface area contributed by atoms with Crippen molar-refractivity contribution in [1.82, 2.24) is 0 Å². The van der Waals surface area contributed by atoms with Crippen molar-refractivity contribution in [2.45, 2.75) is 40.5 Å². The smallest absolute Gasteiger partial charge is 1.00 e. The summed E-state index contributed by atoms with van der Waals surface area (Å²) in [5, 5.41) is 0.774. The van der Waals surface area contributed by atoms with Gasteiger partial charge in [0.15, 0.2) is 0 Å². The second kappa shape index (κ2) is 13.3. The number of methoxy groups -OCH3 is 1. The van der Waals surface area contributed by atoms with Gasteiger partial charge < -0.3 is 29.6 Å². The summed E-state index contributed by atoms with van der Waals surface area (Å²) in [6.45, 7) is 8.81. The Morgan fingerprint density at radius 3 is 2.23 bits per heavy atom. The average Bonchev–Trinajstić information content (AvgIpc) is 3.37. The molecule has 0 unspecified atom stereocenters. The Kier molecular flexibility index (Phi) is 12.1. The molecule has 0 saturated carbocycles. The number of rotatable bonds is 2. The summed E-state index contributed by atoms with van der Waals surface area (Å²) < 4.78 is 5.57. The third kappa shape index (κ3) is 7.14. The molecule has 0 fully saturated rings. The van der Waals surface area contributed by atoms with Crippen LogP contribution < -0.4 is 29.6 Å². The predicted molar refractivity (Wildman–Crippen MR) is 135 cm³/mol. The van der Waals surface area contributed by atoms with Crippen molar-refractivity contribution in [3.63, 3.8) is 0 Å². The molecular weight excluding hydrogens is 574 g/mol. The van der Waals surface area contributed by atoms with E-state index in [1.807, 2.05) is 24.3 Å². The maximum Gasteiger partial charge on any atom is 4.00 e. The number of allylic oxidation sites excluding steroid dienone is 4. The zero-order valence-corrected chi connectivity index (χ0v) is 25.5. The fraction of sp³-hybridized carbons (Fsp3) is 0.267. The second-order valence-electron chi connectivity index (χ2n) is 9.41. The van der Waals surface area contributed by atoms with Gasteiger partial charge in [0.05, 0.1) is 7.11 Å². The van der Waals surface area contributed by atoms with Crippen LogP contribution in [-0.4, -0.2) is 7.11 Å². The van der Waals surface area contributed by atoms with E-state index in [9.17, 15) is 0 Å². The van der Waals surface area contributed by atoms with Gasteiger partial charge in [-0.25, -0.2) is 17.7 Å². The van der Waals surface area contributed by atoms with E-state index in [-0.39, 0.29) is 56.4 Å². The normalized spacial score (nSPS) is 12.9. The third-order valence-corrected chi connectivity index (χ3v) is 6.19. The van der Waals surface area contributed by atoms with Gasteiger partial charge in [-0.15, -0.1) is 23.3 Å². The van der Waals surface area contributed by atoms with E-state index in [1.54, 1.807) is 7.11 Å². The molecule has 0 saturated heterocycles. The van der Waals surface area contributed by atoms with E-state index < -0.39 is 0 Å². The molecular formula is C30H29Cl3OZr. The average molecular weight is 603 g/mol. The summed E-state index contributed by atoms with van der Waals surface area (Å²) in [6.07, 6.45) is 7.61. The SMILES string of the molecule is CC1=[C-]C(C(C)(C)C)=CC1.COc1c[c-]c(-c2ccccc2)c2c1-c1ccc(Cl)cc1C2.[Cl-].[Cl-].[Zr+4]. The van der Waals surface area contributed by atoms with E-state index in [4.69, 9.17) is 16.3 Å². The van der Waals surface area contributed by atoms with Gasteiger partial charge in [-0.3, -0.25) is 0 Å². The van der Waals surface area contributed by atoms with Crippen molar-refractivity contribution in [2.75, 3.05) is 7.11 Å². The Labute approximate surface area is 247 Å². The molecule has 2 aliphatic carbocycles. The van der Waals surface area contributed by atoms with E-state index in [0.717, 1.165) is 29.2 Å². The van der Waals surface area contributed by atoms with Crippen LogP contribution in [0.25, 0.3) is 22.3 Å². The Bertz CT molecular complexity index is 1210. The van der Waals surface area contributed by atoms with Crippen molar-refractivity contribution in [2.24, 2.45) is 5.41 Å².